The van der Waals surface area contributed by atoms with Crippen LogP contribution < -0.4 is 4.90 Å². The second kappa shape index (κ2) is 9.07. The minimum atomic E-state index is -0.266. The van der Waals surface area contributed by atoms with Crippen molar-refractivity contribution in [3.8, 4) is 0 Å². The van der Waals surface area contributed by atoms with Crippen molar-refractivity contribution in [3.05, 3.63) is 62.8 Å². The van der Waals surface area contributed by atoms with Crippen molar-refractivity contribution in [1.29, 1.82) is 0 Å². The van der Waals surface area contributed by atoms with E-state index in [1.807, 2.05) is 12.3 Å². The molecule has 0 saturated carbocycles. The van der Waals surface area contributed by atoms with E-state index in [4.69, 9.17) is 4.74 Å². The molecule has 2 aromatic carbocycles. The summed E-state index contributed by atoms with van der Waals surface area (Å²) in [5.74, 6) is 0.107. The second-order valence-electron chi connectivity index (χ2n) is 11.6. The van der Waals surface area contributed by atoms with Gasteiger partial charge in [0.1, 0.15) is 0 Å². The SMILES string of the molecule is CN=Cc1ccc2c3c([nH]c2c1)C1(CCOCC1)c1cc(N2CCN(C(C)(C)C)CC2)c(Br)cc1C3=O. The molecule has 3 aliphatic rings. The van der Waals surface area contributed by atoms with Gasteiger partial charge in [-0.05, 0) is 78.9 Å². The smallest absolute Gasteiger partial charge is 0.195 e. The van der Waals surface area contributed by atoms with Gasteiger partial charge in [-0.2, -0.15) is 0 Å². The number of halogens is 1. The molecular weight excluding hydrogens is 528 g/mol. The minimum absolute atomic E-state index is 0.107. The summed E-state index contributed by atoms with van der Waals surface area (Å²) < 4.78 is 6.85. The van der Waals surface area contributed by atoms with Crippen LogP contribution in [0, 0.1) is 0 Å². The van der Waals surface area contributed by atoms with E-state index >= 15 is 0 Å². The molecule has 0 unspecified atom stereocenters. The number of anilines is 1. The van der Waals surface area contributed by atoms with Gasteiger partial charge in [0.05, 0.1) is 11.3 Å². The topological polar surface area (TPSA) is 60.9 Å². The van der Waals surface area contributed by atoms with E-state index in [0.29, 0.717) is 13.2 Å². The van der Waals surface area contributed by atoms with Crippen LogP contribution in [-0.2, 0) is 10.2 Å². The van der Waals surface area contributed by atoms with Crippen LogP contribution in [0.15, 0.2) is 39.8 Å². The highest BCUT2D eigenvalue weighted by molar-refractivity contribution is 9.10. The fourth-order valence-corrected chi connectivity index (χ4v) is 7.15. The van der Waals surface area contributed by atoms with Gasteiger partial charge < -0.3 is 14.6 Å². The molecule has 3 heterocycles. The van der Waals surface area contributed by atoms with E-state index in [-0.39, 0.29) is 16.7 Å². The zero-order valence-corrected chi connectivity index (χ0v) is 23.7. The predicted molar refractivity (Wildman–Crippen MR) is 154 cm³/mol. The van der Waals surface area contributed by atoms with Crippen molar-refractivity contribution in [1.82, 2.24) is 9.88 Å². The molecule has 6 nitrogen and oxygen atoms in total. The van der Waals surface area contributed by atoms with Crippen molar-refractivity contribution >= 4 is 44.5 Å². The number of fused-ring (bicyclic) bond motifs is 6. The molecule has 0 atom stereocenters. The van der Waals surface area contributed by atoms with Gasteiger partial charge in [0.2, 0.25) is 0 Å². The number of nitrogens with one attached hydrogen (secondary N) is 1. The Morgan fingerprint density at radius 1 is 1.08 bits per heavy atom. The highest BCUT2D eigenvalue weighted by Crippen LogP contribution is 2.51. The lowest BCUT2D eigenvalue weighted by Crippen LogP contribution is -2.53. The number of aromatic nitrogens is 1. The Balaban J connectivity index is 1.48. The van der Waals surface area contributed by atoms with Gasteiger partial charge >= 0.3 is 0 Å². The third-order valence-electron chi connectivity index (χ3n) is 8.57. The van der Waals surface area contributed by atoms with E-state index in [1.54, 1.807) is 7.05 Å². The fraction of sp³-hybridized carbons (Fsp3) is 0.467. The van der Waals surface area contributed by atoms with E-state index < -0.39 is 0 Å². The van der Waals surface area contributed by atoms with Gasteiger partial charge in [0.25, 0.3) is 0 Å². The molecule has 2 fully saturated rings. The molecule has 2 aliphatic heterocycles. The first-order valence-electron chi connectivity index (χ1n) is 13.3. The molecule has 0 bridgehead atoms. The molecule has 2 saturated heterocycles. The molecule has 194 valence electrons. The highest BCUT2D eigenvalue weighted by atomic mass is 79.9. The number of carbonyl (C=O) groups excluding carboxylic acids is 1. The van der Waals surface area contributed by atoms with Gasteiger partial charge in [-0.1, -0.05) is 12.1 Å². The average Bonchev–Trinajstić information content (AvgIpc) is 3.27. The lowest BCUT2D eigenvalue weighted by molar-refractivity contribution is 0.0602. The number of rotatable bonds is 2. The van der Waals surface area contributed by atoms with Crippen molar-refractivity contribution in [2.45, 2.75) is 44.6 Å². The molecule has 0 amide bonds. The molecule has 3 aromatic rings. The number of aromatic amines is 1. The van der Waals surface area contributed by atoms with Gasteiger partial charge in [-0.25, -0.2) is 0 Å². The summed E-state index contributed by atoms with van der Waals surface area (Å²) in [6.07, 6.45) is 3.56. The Labute approximate surface area is 227 Å². The Hall–Kier alpha value is -2.48. The van der Waals surface area contributed by atoms with Crippen LogP contribution in [0.3, 0.4) is 0 Å². The largest absolute Gasteiger partial charge is 0.381 e. The molecule has 7 heteroatoms. The number of hydrogen-bond acceptors (Lipinski definition) is 5. The molecule has 1 spiro atoms. The first-order valence-corrected chi connectivity index (χ1v) is 14.1. The zero-order valence-electron chi connectivity index (χ0n) is 22.2. The number of piperazine rings is 1. The number of ketones is 1. The standard InChI is InChI=1S/C30H35BrN4O2/c1-29(2,3)35-11-9-34(10-12-35)25-17-22-21(16-23(25)31)27(36)26-20-6-5-19(18-32-4)15-24(20)33-28(26)30(22)7-13-37-14-8-30/h5-6,15-18,33H,7-14H2,1-4H3. The Morgan fingerprint density at radius 2 is 1.81 bits per heavy atom. The summed E-state index contributed by atoms with van der Waals surface area (Å²) in [6, 6.07) is 10.6. The van der Waals surface area contributed by atoms with E-state index in [0.717, 1.165) is 82.3 Å². The molecule has 1 aliphatic carbocycles. The van der Waals surface area contributed by atoms with Gasteiger partial charge in [0, 0.05) is 90.2 Å². The number of benzene rings is 2. The third kappa shape index (κ3) is 3.98. The molecule has 37 heavy (non-hydrogen) atoms. The molecule has 0 radical (unpaired) electrons. The van der Waals surface area contributed by atoms with Crippen molar-refractivity contribution in [3.63, 3.8) is 0 Å². The summed E-state index contributed by atoms with van der Waals surface area (Å²) >= 11 is 3.86. The van der Waals surface area contributed by atoms with Crippen LogP contribution in [0.25, 0.3) is 10.9 Å². The Bertz CT molecular complexity index is 1400. The zero-order chi connectivity index (χ0) is 25.9. The maximum atomic E-state index is 14.1. The summed E-state index contributed by atoms with van der Waals surface area (Å²) in [6.45, 7) is 12.2. The first kappa shape index (κ1) is 24.8. The predicted octanol–water partition coefficient (Wildman–Crippen LogP) is 5.54. The number of aliphatic imine (C=N–C) groups is 1. The van der Waals surface area contributed by atoms with Gasteiger partial charge in [-0.3, -0.25) is 14.7 Å². The summed E-state index contributed by atoms with van der Waals surface area (Å²) in [4.78, 5) is 27.0. The van der Waals surface area contributed by atoms with Gasteiger partial charge in [-0.15, -0.1) is 0 Å². The molecular formula is C30H35BrN4O2. The lowest BCUT2D eigenvalue weighted by Gasteiger charge is -2.44. The summed E-state index contributed by atoms with van der Waals surface area (Å²) in [7, 11) is 1.78. The first-order chi connectivity index (χ1) is 17.7. The van der Waals surface area contributed by atoms with E-state index in [2.05, 4.69) is 80.7 Å². The monoisotopic (exact) mass is 562 g/mol. The van der Waals surface area contributed by atoms with E-state index in [1.165, 1.54) is 5.69 Å². The minimum Gasteiger partial charge on any atom is -0.381 e. The molecule has 6 rings (SSSR count). The molecule has 1 aromatic heterocycles. The van der Waals surface area contributed by atoms with Crippen LogP contribution in [0.1, 0.15) is 66.4 Å². The highest BCUT2D eigenvalue weighted by Gasteiger charge is 2.47. The number of H-pyrrole nitrogens is 1. The molecule has 1 N–H and O–H groups in total. The fourth-order valence-electron chi connectivity index (χ4n) is 6.55. The van der Waals surface area contributed by atoms with Gasteiger partial charge in [0.15, 0.2) is 5.78 Å². The number of hydrogen-bond donors (Lipinski definition) is 1. The average molecular weight is 564 g/mol. The maximum absolute atomic E-state index is 14.1. The normalized spacial score (nSPS) is 20.1. The third-order valence-corrected chi connectivity index (χ3v) is 9.20. The lowest BCUT2D eigenvalue weighted by atomic mass is 9.64. The Kier molecular flexibility index (Phi) is 6.09. The van der Waals surface area contributed by atoms with Crippen LogP contribution >= 0.6 is 15.9 Å². The summed E-state index contributed by atoms with van der Waals surface area (Å²) in [5, 5.41) is 0.989. The van der Waals surface area contributed by atoms with Crippen LogP contribution in [-0.4, -0.2) is 73.9 Å². The van der Waals surface area contributed by atoms with Crippen molar-refractivity contribution in [2.24, 2.45) is 4.99 Å². The van der Waals surface area contributed by atoms with E-state index in [9.17, 15) is 4.79 Å². The quantitative estimate of drug-likeness (QED) is 0.416. The Morgan fingerprint density at radius 3 is 2.49 bits per heavy atom. The van der Waals surface area contributed by atoms with Crippen molar-refractivity contribution in [2.75, 3.05) is 51.3 Å². The van der Waals surface area contributed by atoms with Crippen LogP contribution in [0.4, 0.5) is 5.69 Å². The van der Waals surface area contributed by atoms with Crippen LogP contribution in [0.2, 0.25) is 0 Å². The summed E-state index contributed by atoms with van der Waals surface area (Å²) in [5.41, 5.74) is 6.95. The van der Waals surface area contributed by atoms with Crippen molar-refractivity contribution < 1.29 is 9.53 Å². The number of nitrogens with zero attached hydrogens (tertiary/aromatic N) is 3. The number of carbonyl (C=O) groups is 1. The van der Waals surface area contributed by atoms with Crippen LogP contribution in [0.5, 0.6) is 0 Å². The second-order valence-corrected chi connectivity index (χ2v) is 12.4. The number of ether oxygens (including phenoxy) is 1. The maximum Gasteiger partial charge on any atom is 0.195 e.